The maximum absolute atomic E-state index is 5.96. The molecule has 0 amide bonds. The number of nitrogens with two attached hydrogens (primary N) is 1. The molecule has 0 spiro atoms. The van der Waals surface area contributed by atoms with Crippen LogP contribution in [-0.2, 0) is 6.54 Å². The van der Waals surface area contributed by atoms with Crippen molar-refractivity contribution in [2.75, 3.05) is 0 Å². The van der Waals surface area contributed by atoms with Gasteiger partial charge in [0.1, 0.15) is 0 Å². The first-order chi connectivity index (χ1) is 7.20. The largest absolute Gasteiger partial charge is 0.340 e. The van der Waals surface area contributed by atoms with Crippen LogP contribution in [-0.4, -0.2) is 19.9 Å². The van der Waals surface area contributed by atoms with Crippen LogP contribution in [0.2, 0.25) is 0 Å². The van der Waals surface area contributed by atoms with Crippen molar-refractivity contribution in [1.82, 2.24) is 19.9 Å². The molecule has 2 aromatic heterocycles. The lowest BCUT2D eigenvalue weighted by Crippen LogP contribution is -2.12. The Morgan fingerprint density at radius 1 is 1.60 bits per heavy atom. The summed E-state index contributed by atoms with van der Waals surface area (Å²) in [6.45, 7) is 4.57. The molecule has 2 rings (SSSR count). The summed E-state index contributed by atoms with van der Waals surface area (Å²) in [5.41, 5.74) is 6.85. The molecule has 0 aliphatic carbocycles. The van der Waals surface area contributed by atoms with Gasteiger partial charge in [0.05, 0.1) is 12.2 Å². The molecule has 0 radical (unpaired) electrons. The van der Waals surface area contributed by atoms with Crippen molar-refractivity contribution in [3.63, 3.8) is 0 Å². The Labute approximate surface area is 87.1 Å². The molecule has 2 N–H and O–H groups in total. The number of hydrogen-bond donors (Lipinski definition) is 1. The third-order valence-electron chi connectivity index (χ3n) is 2.16. The van der Waals surface area contributed by atoms with Crippen LogP contribution in [0.5, 0.6) is 0 Å². The van der Waals surface area contributed by atoms with Crippen LogP contribution < -0.4 is 5.73 Å². The predicted octanol–water partition coefficient (Wildman–Crippen LogP) is 0.643. The molecule has 0 bridgehead atoms. The third-order valence-corrected chi connectivity index (χ3v) is 2.16. The Balaban J connectivity index is 2.23. The first-order valence-corrected chi connectivity index (χ1v) is 4.79. The highest BCUT2D eigenvalue weighted by molar-refractivity contribution is 5.17. The average molecular weight is 207 g/mol. The summed E-state index contributed by atoms with van der Waals surface area (Å²) in [4.78, 5) is 4.08. The molecule has 6 nitrogen and oxygen atoms in total. The minimum atomic E-state index is -0.372. The van der Waals surface area contributed by atoms with E-state index in [4.69, 9.17) is 10.3 Å². The SMILES string of the molecule is CCn1cc(C(N)c2noc(C)n2)cn1. The number of rotatable bonds is 3. The van der Waals surface area contributed by atoms with Gasteiger partial charge in [-0.2, -0.15) is 10.1 Å². The molecular weight excluding hydrogens is 194 g/mol. The molecule has 80 valence electrons. The molecule has 0 saturated carbocycles. The van der Waals surface area contributed by atoms with Gasteiger partial charge in [-0.3, -0.25) is 4.68 Å². The van der Waals surface area contributed by atoms with Crippen molar-refractivity contribution in [3.05, 3.63) is 29.7 Å². The van der Waals surface area contributed by atoms with Crippen LogP contribution in [0.25, 0.3) is 0 Å². The van der Waals surface area contributed by atoms with Gasteiger partial charge in [0.15, 0.2) is 5.82 Å². The molecule has 2 aromatic rings. The Kier molecular flexibility index (Phi) is 2.51. The highest BCUT2D eigenvalue weighted by Gasteiger charge is 2.16. The van der Waals surface area contributed by atoms with E-state index in [2.05, 4.69) is 15.2 Å². The van der Waals surface area contributed by atoms with E-state index >= 15 is 0 Å². The number of nitrogens with zero attached hydrogens (tertiary/aromatic N) is 4. The summed E-state index contributed by atoms with van der Waals surface area (Å²) in [5.74, 6) is 1.01. The van der Waals surface area contributed by atoms with E-state index in [0.717, 1.165) is 12.1 Å². The van der Waals surface area contributed by atoms with Gasteiger partial charge >= 0.3 is 0 Å². The van der Waals surface area contributed by atoms with Crippen LogP contribution in [0.3, 0.4) is 0 Å². The van der Waals surface area contributed by atoms with Crippen molar-refractivity contribution in [2.45, 2.75) is 26.4 Å². The lowest BCUT2D eigenvalue weighted by atomic mass is 10.2. The Bertz CT molecular complexity index is 447. The molecule has 15 heavy (non-hydrogen) atoms. The molecule has 6 heteroatoms. The Hall–Kier alpha value is -1.69. The third kappa shape index (κ3) is 1.89. The lowest BCUT2D eigenvalue weighted by Gasteiger charge is -2.01. The molecule has 0 aliphatic rings. The molecule has 0 aromatic carbocycles. The second-order valence-corrected chi connectivity index (χ2v) is 3.28. The number of aryl methyl sites for hydroxylation is 2. The van der Waals surface area contributed by atoms with E-state index < -0.39 is 0 Å². The highest BCUT2D eigenvalue weighted by Crippen LogP contribution is 2.15. The van der Waals surface area contributed by atoms with Gasteiger partial charge in [0.2, 0.25) is 5.89 Å². The van der Waals surface area contributed by atoms with E-state index in [1.807, 2.05) is 17.8 Å². The fourth-order valence-corrected chi connectivity index (χ4v) is 1.30. The number of hydrogen-bond acceptors (Lipinski definition) is 5. The van der Waals surface area contributed by atoms with Gasteiger partial charge in [-0.05, 0) is 6.92 Å². The highest BCUT2D eigenvalue weighted by atomic mass is 16.5. The molecule has 0 fully saturated rings. The number of aromatic nitrogens is 4. The predicted molar refractivity (Wildman–Crippen MR) is 53.0 cm³/mol. The monoisotopic (exact) mass is 207 g/mol. The zero-order valence-electron chi connectivity index (χ0n) is 8.71. The van der Waals surface area contributed by atoms with E-state index in [-0.39, 0.29) is 6.04 Å². The van der Waals surface area contributed by atoms with Crippen molar-refractivity contribution >= 4 is 0 Å². The van der Waals surface area contributed by atoms with Gasteiger partial charge in [-0.1, -0.05) is 5.16 Å². The second kappa shape index (κ2) is 3.82. The van der Waals surface area contributed by atoms with E-state index in [0.29, 0.717) is 11.7 Å². The summed E-state index contributed by atoms with van der Waals surface area (Å²) in [5, 5.41) is 7.92. The fraction of sp³-hybridized carbons (Fsp3) is 0.444. The topological polar surface area (TPSA) is 82.8 Å². The maximum atomic E-state index is 5.96. The zero-order chi connectivity index (χ0) is 10.8. The first kappa shape index (κ1) is 9.85. The van der Waals surface area contributed by atoms with E-state index in [1.165, 1.54) is 0 Å². The van der Waals surface area contributed by atoms with E-state index in [9.17, 15) is 0 Å². The summed E-state index contributed by atoms with van der Waals surface area (Å²) in [6, 6.07) is -0.372. The van der Waals surface area contributed by atoms with Gasteiger partial charge in [0, 0.05) is 25.2 Å². The van der Waals surface area contributed by atoms with Gasteiger partial charge in [0.25, 0.3) is 0 Å². The van der Waals surface area contributed by atoms with Crippen LogP contribution in [0.1, 0.15) is 30.2 Å². The minimum absolute atomic E-state index is 0.372. The van der Waals surface area contributed by atoms with E-state index in [1.54, 1.807) is 13.1 Å². The van der Waals surface area contributed by atoms with Crippen molar-refractivity contribution in [2.24, 2.45) is 5.73 Å². The quantitative estimate of drug-likeness (QED) is 0.798. The Morgan fingerprint density at radius 3 is 2.93 bits per heavy atom. The normalized spacial score (nSPS) is 13.0. The average Bonchev–Trinajstić information content (AvgIpc) is 2.84. The van der Waals surface area contributed by atoms with Crippen LogP contribution in [0.15, 0.2) is 16.9 Å². The van der Waals surface area contributed by atoms with Crippen LogP contribution in [0, 0.1) is 6.92 Å². The van der Waals surface area contributed by atoms with Crippen molar-refractivity contribution < 1.29 is 4.52 Å². The standard InChI is InChI=1S/C9H13N5O/c1-3-14-5-7(4-11-14)8(10)9-12-6(2)15-13-9/h4-5,8H,3,10H2,1-2H3. The molecule has 1 atom stereocenters. The smallest absolute Gasteiger partial charge is 0.223 e. The summed E-state index contributed by atoms with van der Waals surface area (Å²) >= 11 is 0. The first-order valence-electron chi connectivity index (χ1n) is 4.79. The van der Waals surface area contributed by atoms with Crippen molar-refractivity contribution in [3.8, 4) is 0 Å². The molecular formula is C9H13N5O. The zero-order valence-corrected chi connectivity index (χ0v) is 8.71. The second-order valence-electron chi connectivity index (χ2n) is 3.28. The molecule has 1 unspecified atom stereocenters. The molecule has 0 aliphatic heterocycles. The van der Waals surface area contributed by atoms with Crippen LogP contribution in [0.4, 0.5) is 0 Å². The minimum Gasteiger partial charge on any atom is -0.340 e. The van der Waals surface area contributed by atoms with Gasteiger partial charge < -0.3 is 10.3 Å². The van der Waals surface area contributed by atoms with Gasteiger partial charge in [-0.15, -0.1) is 0 Å². The van der Waals surface area contributed by atoms with Crippen LogP contribution >= 0.6 is 0 Å². The molecule has 2 heterocycles. The summed E-state index contributed by atoms with van der Waals surface area (Å²) < 4.78 is 6.68. The Morgan fingerprint density at radius 2 is 2.40 bits per heavy atom. The fourth-order valence-electron chi connectivity index (χ4n) is 1.30. The van der Waals surface area contributed by atoms with Crippen molar-refractivity contribution in [1.29, 1.82) is 0 Å². The summed E-state index contributed by atoms with van der Waals surface area (Å²) in [6.07, 6.45) is 3.61. The van der Waals surface area contributed by atoms with Gasteiger partial charge in [-0.25, -0.2) is 0 Å². The lowest BCUT2D eigenvalue weighted by molar-refractivity contribution is 0.385. The summed E-state index contributed by atoms with van der Waals surface area (Å²) in [7, 11) is 0. The molecule has 0 saturated heterocycles. The maximum Gasteiger partial charge on any atom is 0.223 e.